The maximum atomic E-state index is 5.69. The molecule has 118 valence electrons. The van der Waals surface area contributed by atoms with Gasteiger partial charge in [0.15, 0.2) is 0 Å². The highest BCUT2D eigenvalue weighted by Crippen LogP contribution is 2.22. The number of likely N-dealkylation sites (tertiary alicyclic amines) is 1. The largest absolute Gasteiger partial charge is 0.409 e. The quantitative estimate of drug-likeness (QED) is 0.783. The lowest BCUT2D eigenvalue weighted by Crippen LogP contribution is -2.40. The number of benzene rings is 1. The fourth-order valence-corrected chi connectivity index (χ4v) is 3.27. The molecule has 0 bridgehead atoms. The SMILES string of the molecule is CC[C@@H]1CCCCN1Cn1nc(-c2ccc(C)cc2)oc1=S. The average molecular weight is 317 g/mol. The second-order valence-electron chi connectivity index (χ2n) is 6.05. The number of aryl methyl sites for hydroxylation is 1. The third-order valence-electron chi connectivity index (χ3n) is 4.44. The molecule has 0 amide bonds. The molecule has 0 aliphatic carbocycles. The second-order valence-corrected chi connectivity index (χ2v) is 6.40. The summed E-state index contributed by atoms with van der Waals surface area (Å²) in [5, 5.41) is 4.58. The molecule has 0 N–H and O–H groups in total. The summed E-state index contributed by atoms with van der Waals surface area (Å²) in [7, 11) is 0. The van der Waals surface area contributed by atoms with Crippen LogP contribution in [0.2, 0.25) is 0 Å². The van der Waals surface area contributed by atoms with Crippen molar-refractivity contribution in [3.05, 3.63) is 34.7 Å². The lowest BCUT2D eigenvalue weighted by Gasteiger charge is -2.34. The average Bonchev–Trinajstić information content (AvgIpc) is 2.89. The Kier molecular flexibility index (Phi) is 4.74. The van der Waals surface area contributed by atoms with Gasteiger partial charge in [-0.1, -0.05) is 31.0 Å². The third kappa shape index (κ3) is 3.31. The van der Waals surface area contributed by atoms with E-state index < -0.39 is 0 Å². The van der Waals surface area contributed by atoms with Gasteiger partial charge in [-0.15, -0.1) is 5.10 Å². The van der Waals surface area contributed by atoms with Crippen molar-refractivity contribution in [1.82, 2.24) is 14.7 Å². The Labute approximate surface area is 136 Å². The highest BCUT2D eigenvalue weighted by molar-refractivity contribution is 7.71. The van der Waals surface area contributed by atoms with Gasteiger partial charge in [-0.25, -0.2) is 4.68 Å². The van der Waals surface area contributed by atoms with E-state index in [9.17, 15) is 0 Å². The smallest absolute Gasteiger partial charge is 0.288 e. The lowest BCUT2D eigenvalue weighted by atomic mass is 10.0. The maximum absolute atomic E-state index is 5.69. The zero-order chi connectivity index (χ0) is 15.5. The minimum absolute atomic E-state index is 0.455. The number of nitrogens with zero attached hydrogens (tertiary/aromatic N) is 3. The van der Waals surface area contributed by atoms with Crippen LogP contribution in [-0.4, -0.2) is 27.3 Å². The van der Waals surface area contributed by atoms with E-state index in [0.29, 0.717) is 16.8 Å². The molecule has 4 nitrogen and oxygen atoms in total. The third-order valence-corrected chi connectivity index (χ3v) is 4.73. The molecule has 1 aliphatic heterocycles. The predicted molar refractivity (Wildman–Crippen MR) is 90.1 cm³/mol. The molecule has 0 unspecified atom stereocenters. The van der Waals surface area contributed by atoms with Crippen molar-refractivity contribution in [2.75, 3.05) is 6.54 Å². The van der Waals surface area contributed by atoms with Gasteiger partial charge in [-0.2, -0.15) is 0 Å². The first-order chi connectivity index (χ1) is 10.7. The van der Waals surface area contributed by atoms with E-state index >= 15 is 0 Å². The fraction of sp³-hybridized carbons (Fsp3) is 0.529. The highest BCUT2D eigenvalue weighted by Gasteiger charge is 2.22. The Balaban J connectivity index is 1.80. The molecule has 1 atom stereocenters. The van der Waals surface area contributed by atoms with E-state index in [2.05, 4.69) is 36.0 Å². The van der Waals surface area contributed by atoms with Gasteiger partial charge in [0.2, 0.25) is 5.89 Å². The Morgan fingerprint density at radius 2 is 2.05 bits per heavy atom. The van der Waals surface area contributed by atoms with Crippen molar-refractivity contribution in [3.8, 4) is 11.5 Å². The zero-order valence-corrected chi connectivity index (χ0v) is 14.1. The standard InChI is InChI=1S/C17H23N3OS/c1-3-15-6-4-5-11-19(15)12-20-17(22)21-16(18-20)14-9-7-13(2)8-10-14/h7-10,15H,3-6,11-12H2,1-2H3/t15-/m1/s1. The van der Waals surface area contributed by atoms with Gasteiger partial charge >= 0.3 is 0 Å². The lowest BCUT2D eigenvalue weighted by molar-refractivity contribution is 0.0994. The Morgan fingerprint density at radius 3 is 2.77 bits per heavy atom. The Morgan fingerprint density at radius 1 is 1.27 bits per heavy atom. The first-order valence-corrected chi connectivity index (χ1v) is 8.47. The van der Waals surface area contributed by atoms with Crippen molar-refractivity contribution in [2.45, 2.75) is 52.2 Å². The molecule has 1 aromatic carbocycles. The van der Waals surface area contributed by atoms with Crippen LogP contribution in [0.15, 0.2) is 28.7 Å². The van der Waals surface area contributed by atoms with Crippen molar-refractivity contribution in [2.24, 2.45) is 0 Å². The summed E-state index contributed by atoms with van der Waals surface area (Å²) < 4.78 is 7.51. The summed E-state index contributed by atoms with van der Waals surface area (Å²) in [4.78, 5) is 2.93. The summed E-state index contributed by atoms with van der Waals surface area (Å²) in [6, 6.07) is 8.80. The van der Waals surface area contributed by atoms with E-state index in [4.69, 9.17) is 16.6 Å². The van der Waals surface area contributed by atoms with E-state index in [1.807, 2.05) is 16.8 Å². The molecular weight excluding hydrogens is 294 g/mol. The van der Waals surface area contributed by atoms with Gasteiger partial charge in [0.05, 0.1) is 6.67 Å². The first-order valence-electron chi connectivity index (χ1n) is 8.06. The molecule has 0 spiro atoms. The summed E-state index contributed by atoms with van der Waals surface area (Å²) in [5.41, 5.74) is 2.20. The van der Waals surface area contributed by atoms with Gasteiger partial charge < -0.3 is 4.42 Å². The number of aromatic nitrogens is 2. The normalized spacial score (nSPS) is 19.5. The first kappa shape index (κ1) is 15.4. The van der Waals surface area contributed by atoms with Crippen LogP contribution in [0.3, 0.4) is 0 Å². The van der Waals surface area contributed by atoms with E-state index in [1.165, 1.54) is 31.2 Å². The van der Waals surface area contributed by atoms with E-state index in [-0.39, 0.29) is 0 Å². The van der Waals surface area contributed by atoms with Gasteiger partial charge in [-0.3, -0.25) is 4.90 Å². The molecule has 1 fully saturated rings. The summed E-state index contributed by atoms with van der Waals surface area (Å²) in [6.07, 6.45) is 5.03. The van der Waals surface area contributed by atoms with Crippen LogP contribution in [-0.2, 0) is 6.67 Å². The molecule has 2 aromatic rings. The van der Waals surface area contributed by atoms with Crippen LogP contribution in [0.5, 0.6) is 0 Å². The van der Waals surface area contributed by atoms with Crippen molar-refractivity contribution < 1.29 is 4.42 Å². The van der Waals surface area contributed by atoms with Crippen LogP contribution < -0.4 is 0 Å². The van der Waals surface area contributed by atoms with Crippen LogP contribution >= 0.6 is 12.2 Å². The Hall–Kier alpha value is -1.46. The van der Waals surface area contributed by atoms with Crippen LogP contribution in [0.4, 0.5) is 0 Å². The number of rotatable bonds is 4. The molecule has 5 heteroatoms. The molecule has 0 radical (unpaired) electrons. The van der Waals surface area contributed by atoms with Gasteiger partial charge in [0, 0.05) is 18.2 Å². The summed E-state index contributed by atoms with van der Waals surface area (Å²) >= 11 is 5.35. The molecule has 2 heterocycles. The molecule has 22 heavy (non-hydrogen) atoms. The van der Waals surface area contributed by atoms with Crippen LogP contribution in [0, 0.1) is 11.8 Å². The number of piperidine rings is 1. The molecule has 3 rings (SSSR count). The zero-order valence-electron chi connectivity index (χ0n) is 13.3. The predicted octanol–water partition coefficient (Wildman–Crippen LogP) is 4.40. The van der Waals surface area contributed by atoms with Gasteiger partial charge in [-0.05, 0) is 50.5 Å². The van der Waals surface area contributed by atoms with Crippen molar-refractivity contribution >= 4 is 12.2 Å². The van der Waals surface area contributed by atoms with Crippen LogP contribution in [0.1, 0.15) is 38.2 Å². The molecule has 1 saturated heterocycles. The minimum atomic E-state index is 0.455. The van der Waals surface area contributed by atoms with Gasteiger partial charge in [0.1, 0.15) is 0 Å². The van der Waals surface area contributed by atoms with E-state index in [0.717, 1.165) is 18.8 Å². The molecule has 1 aliphatic rings. The van der Waals surface area contributed by atoms with Crippen molar-refractivity contribution in [3.63, 3.8) is 0 Å². The highest BCUT2D eigenvalue weighted by atomic mass is 32.1. The molecule has 0 saturated carbocycles. The fourth-order valence-electron chi connectivity index (χ4n) is 3.09. The number of hydrogen-bond acceptors (Lipinski definition) is 4. The van der Waals surface area contributed by atoms with Gasteiger partial charge in [0.25, 0.3) is 4.84 Å². The summed E-state index contributed by atoms with van der Waals surface area (Å²) in [5.74, 6) is 0.607. The minimum Gasteiger partial charge on any atom is -0.409 e. The summed E-state index contributed by atoms with van der Waals surface area (Å²) in [6.45, 7) is 6.17. The number of hydrogen-bond donors (Lipinski definition) is 0. The Bertz CT molecular complexity index is 674. The topological polar surface area (TPSA) is 34.2 Å². The van der Waals surface area contributed by atoms with E-state index in [1.54, 1.807) is 0 Å². The molecular formula is C17H23N3OS. The second kappa shape index (κ2) is 6.75. The van der Waals surface area contributed by atoms with Crippen molar-refractivity contribution in [1.29, 1.82) is 0 Å². The maximum Gasteiger partial charge on any atom is 0.288 e. The molecule has 1 aromatic heterocycles. The monoisotopic (exact) mass is 317 g/mol. The van der Waals surface area contributed by atoms with Crippen LogP contribution in [0.25, 0.3) is 11.5 Å².